The smallest absolute Gasteiger partial charge is 0.207 e. The lowest BCUT2D eigenvalue weighted by atomic mass is 9.44. The molecule has 3 N–H and O–H groups in total. The Labute approximate surface area is 206 Å². The van der Waals surface area contributed by atoms with Crippen molar-refractivity contribution in [2.45, 2.75) is 117 Å². The van der Waals surface area contributed by atoms with Crippen molar-refractivity contribution in [1.82, 2.24) is 0 Å². The second-order valence-corrected chi connectivity index (χ2v) is 13.6. The number of hydrogen-bond donors (Lipinski definition) is 3. The van der Waals surface area contributed by atoms with Crippen molar-refractivity contribution in [3.63, 3.8) is 0 Å². The van der Waals surface area contributed by atoms with E-state index < -0.39 is 18.1 Å². The predicted molar refractivity (Wildman–Crippen MR) is 131 cm³/mol. The molecule has 0 aliphatic heterocycles. The van der Waals surface area contributed by atoms with Crippen molar-refractivity contribution in [2.75, 3.05) is 0 Å². The largest absolute Gasteiger partial charge is 0.390 e. The van der Waals surface area contributed by atoms with E-state index in [-0.39, 0.29) is 47.2 Å². The summed E-state index contributed by atoms with van der Waals surface area (Å²) < 4.78 is 14.5. The summed E-state index contributed by atoms with van der Waals surface area (Å²) in [5, 5.41) is 32.4. The van der Waals surface area contributed by atoms with Crippen molar-refractivity contribution in [3.05, 3.63) is 0 Å². The second-order valence-electron chi connectivity index (χ2n) is 13.6. The molecule has 4 saturated carbocycles. The maximum Gasteiger partial charge on any atom is 0.207 e. The van der Waals surface area contributed by atoms with Crippen LogP contribution in [0.25, 0.3) is 0 Å². The van der Waals surface area contributed by atoms with E-state index in [0.717, 1.165) is 32.1 Å². The van der Waals surface area contributed by atoms with Crippen molar-refractivity contribution in [1.29, 1.82) is 0 Å². The van der Waals surface area contributed by atoms with Crippen molar-refractivity contribution in [3.8, 4) is 0 Å². The fourth-order valence-corrected chi connectivity index (χ4v) is 9.79. The summed E-state index contributed by atoms with van der Waals surface area (Å²) in [4.78, 5) is 13.3. The summed E-state index contributed by atoms with van der Waals surface area (Å²) in [5.41, 5.74) is -0.162. The number of carbonyl (C=O) groups excluding carboxylic acids is 1. The van der Waals surface area contributed by atoms with Gasteiger partial charge < -0.3 is 15.3 Å². The van der Waals surface area contributed by atoms with Crippen LogP contribution in [0.4, 0.5) is 4.39 Å². The van der Waals surface area contributed by atoms with Gasteiger partial charge in [0.1, 0.15) is 5.78 Å². The molecule has 0 spiro atoms. The van der Waals surface area contributed by atoms with Gasteiger partial charge in [0, 0.05) is 25.2 Å². The molecule has 0 saturated heterocycles. The molecule has 0 bridgehead atoms. The van der Waals surface area contributed by atoms with Crippen molar-refractivity contribution >= 4 is 5.78 Å². The lowest BCUT2D eigenvalue weighted by Gasteiger charge is -2.60. The Balaban J connectivity index is 1.54. The first-order valence-electron chi connectivity index (χ1n) is 14.1. The van der Waals surface area contributed by atoms with Gasteiger partial charge in [-0.2, -0.15) is 0 Å². The third-order valence-electron chi connectivity index (χ3n) is 11.8. The molecule has 0 amide bonds. The summed E-state index contributed by atoms with van der Waals surface area (Å²) in [6, 6.07) is 0. The summed E-state index contributed by atoms with van der Waals surface area (Å²) in [6.45, 7) is 13.0. The zero-order chi connectivity index (χ0) is 25.2. The van der Waals surface area contributed by atoms with E-state index >= 15 is 0 Å². The molecule has 0 radical (unpaired) electrons. The van der Waals surface area contributed by atoms with Crippen molar-refractivity contribution in [2.24, 2.45) is 58.2 Å². The normalized spacial score (nSPS) is 48.0. The topological polar surface area (TPSA) is 77.8 Å². The SMILES string of the molecule is CC[C@@H](C(C)C)[C@H](O)[C@@H](O)[C@@H](C)[C@H]1CC[C@H]2[C@@H]3CC(=O)C4C[C@](O)(F)CC[C@]4(C)[C@H]3CC[C@]12C. The van der Waals surface area contributed by atoms with E-state index in [1.165, 1.54) is 0 Å². The molecule has 4 aliphatic carbocycles. The Kier molecular flexibility index (Phi) is 7.10. The van der Waals surface area contributed by atoms with Crippen LogP contribution in [0.1, 0.15) is 99.3 Å². The first-order chi connectivity index (χ1) is 15.8. The van der Waals surface area contributed by atoms with Gasteiger partial charge in [-0.25, -0.2) is 4.39 Å². The monoisotopic (exact) mass is 480 g/mol. The zero-order valence-electron chi connectivity index (χ0n) is 22.3. The number of fused-ring (bicyclic) bond motifs is 5. The first kappa shape index (κ1) is 26.5. The van der Waals surface area contributed by atoms with E-state index in [1.54, 1.807) is 0 Å². The van der Waals surface area contributed by atoms with Gasteiger partial charge in [-0.05, 0) is 84.4 Å². The highest BCUT2D eigenvalue weighted by Gasteiger charge is 2.64. The number of ketones is 1. The van der Waals surface area contributed by atoms with Crippen LogP contribution in [0.3, 0.4) is 0 Å². The molecular weight excluding hydrogens is 431 g/mol. The van der Waals surface area contributed by atoms with Crippen LogP contribution in [-0.2, 0) is 4.79 Å². The molecule has 0 aromatic rings. The molecular formula is C29H49FO4. The quantitative estimate of drug-likeness (QED) is 0.468. The molecule has 5 heteroatoms. The first-order valence-corrected chi connectivity index (χ1v) is 14.1. The molecule has 1 unspecified atom stereocenters. The number of carbonyl (C=O) groups is 1. The average molecular weight is 481 g/mol. The fourth-order valence-electron chi connectivity index (χ4n) is 9.79. The van der Waals surface area contributed by atoms with E-state index in [1.807, 2.05) is 0 Å². The minimum Gasteiger partial charge on any atom is -0.390 e. The molecule has 196 valence electrons. The lowest BCUT2D eigenvalue weighted by molar-refractivity contribution is -0.197. The van der Waals surface area contributed by atoms with Crippen LogP contribution in [0.2, 0.25) is 0 Å². The highest BCUT2D eigenvalue weighted by Crippen LogP contribution is 2.68. The number of aliphatic hydroxyl groups is 3. The number of halogens is 1. The maximum absolute atomic E-state index is 14.5. The van der Waals surface area contributed by atoms with Crippen molar-refractivity contribution < 1.29 is 24.5 Å². The Hall–Kier alpha value is -0.520. The standard InChI is InChI=1S/C29H49FO4/c1-7-18(16(2)3)26(33)25(32)17(4)20-8-9-21-19-14-24(31)23-15-29(30,34)13-12-28(23,6)22(19)10-11-27(20,21)5/h16-23,25-26,32-34H,7-15H2,1-6H3/t17-,18-,19-,20+,21-,22-,23?,25-,26-,27+,28+,29-/m0/s1. The minimum absolute atomic E-state index is 0.00759. The predicted octanol–water partition coefficient (Wildman–Crippen LogP) is 5.52. The average Bonchev–Trinajstić information content (AvgIpc) is 3.11. The number of aliphatic hydroxyl groups excluding tert-OH is 2. The summed E-state index contributed by atoms with van der Waals surface area (Å²) >= 11 is 0. The van der Waals surface area contributed by atoms with Gasteiger partial charge in [0.05, 0.1) is 12.2 Å². The molecule has 0 heterocycles. The lowest BCUT2D eigenvalue weighted by Crippen LogP contribution is -2.58. The molecule has 0 aromatic carbocycles. The molecule has 12 atom stereocenters. The van der Waals surface area contributed by atoms with Gasteiger partial charge in [-0.15, -0.1) is 0 Å². The number of hydrogen-bond acceptors (Lipinski definition) is 4. The zero-order valence-corrected chi connectivity index (χ0v) is 22.3. The molecule has 4 aliphatic rings. The third kappa shape index (κ3) is 4.10. The Bertz CT molecular complexity index is 767. The Morgan fingerprint density at radius 2 is 1.62 bits per heavy atom. The number of alkyl halides is 1. The number of Topliss-reactive ketones (excluding diaryl/α,β-unsaturated/α-hetero) is 1. The van der Waals surface area contributed by atoms with E-state index in [9.17, 15) is 24.5 Å². The molecule has 4 fully saturated rings. The van der Waals surface area contributed by atoms with Crippen LogP contribution in [0.15, 0.2) is 0 Å². The summed E-state index contributed by atoms with van der Waals surface area (Å²) in [7, 11) is 0. The van der Waals surface area contributed by atoms with Gasteiger partial charge in [-0.3, -0.25) is 4.79 Å². The van der Waals surface area contributed by atoms with Crippen LogP contribution >= 0.6 is 0 Å². The van der Waals surface area contributed by atoms with E-state index in [2.05, 4.69) is 41.5 Å². The summed E-state index contributed by atoms with van der Waals surface area (Å²) in [5.74, 6) is -0.513. The van der Waals surface area contributed by atoms with E-state index in [0.29, 0.717) is 42.4 Å². The van der Waals surface area contributed by atoms with Crippen LogP contribution in [0, 0.1) is 58.2 Å². The molecule has 0 aromatic heterocycles. The molecule has 4 nitrogen and oxygen atoms in total. The van der Waals surface area contributed by atoms with E-state index in [4.69, 9.17) is 0 Å². The number of rotatable bonds is 6. The Morgan fingerprint density at radius 1 is 0.971 bits per heavy atom. The second kappa shape index (κ2) is 9.10. The van der Waals surface area contributed by atoms with Gasteiger partial charge in [0.25, 0.3) is 0 Å². The molecule has 34 heavy (non-hydrogen) atoms. The molecule has 4 rings (SSSR count). The van der Waals surface area contributed by atoms with Gasteiger partial charge in [-0.1, -0.05) is 48.0 Å². The Morgan fingerprint density at radius 3 is 2.24 bits per heavy atom. The summed E-state index contributed by atoms with van der Waals surface area (Å²) in [6.07, 6.45) is 4.80. The maximum atomic E-state index is 14.5. The van der Waals surface area contributed by atoms with Gasteiger partial charge >= 0.3 is 0 Å². The third-order valence-corrected chi connectivity index (χ3v) is 11.8. The highest BCUT2D eigenvalue weighted by atomic mass is 19.2. The van der Waals surface area contributed by atoms with Crippen LogP contribution in [0.5, 0.6) is 0 Å². The van der Waals surface area contributed by atoms with Crippen LogP contribution < -0.4 is 0 Å². The van der Waals surface area contributed by atoms with Gasteiger partial charge in [0.15, 0.2) is 0 Å². The van der Waals surface area contributed by atoms with Gasteiger partial charge in [0.2, 0.25) is 5.85 Å². The highest BCUT2D eigenvalue weighted by molar-refractivity contribution is 5.83. The minimum atomic E-state index is -2.20. The van der Waals surface area contributed by atoms with Crippen LogP contribution in [-0.4, -0.2) is 39.2 Å². The fraction of sp³-hybridized carbons (Fsp3) is 0.966.